The standard InChI is InChI=1S/C22H18O2/c1-15(17-6-10-21(23)11-7-17)19-4-3-5-20(14-19)16(2)18-8-12-22(24)13-9-18/h3-14,23-24H,1-2H2. The van der Waals surface area contributed by atoms with Gasteiger partial charge in [0.05, 0.1) is 0 Å². The number of benzene rings is 3. The summed E-state index contributed by atoms with van der Waals surface area (Å²) in [6, 6.07) is 22.0. The van der Waals surface area contributed by atoms with Gasteiger partial charge in [0, 0.05) is 0 Å². The average Bonchev–Trinajstić information content (AvgIpc) is 2.62. The van der Waals surface area contributed by atoms with Crippen LogP contribution in [0.5, 0.6) is 11.5 Å². The topological polar surface area (TPSA) is 40.5 Å². The third kappa shape index (κ3) is 3.23. The number of aromatic hydroxyl groups is 2. The fraction of sp³-hybridized carbons (Fsp3) is 0. The van der Waals surface area contributed by atoms with E-state index in [4.69, 9.17) is 0 Å². The van der Waals surface area contributed by atoms with Crippen LogP contribution < -0.4 is 0 Å². The van der Waals surface area contributed by atoms with Gasteiger partial charge in [0.1, 0.15) is 11.5 Å². The Labute approximate surface area is 141 Å². The van der Waals surface area contributed by atoms with Gasteiger partial charge >= 0.3 is 0 Å². The molecule has 0 saturated carbocycles. The fourth-order valence-electron chi connectivity index (χ4n) is 2.55. The predicted molar refractivity (Wildman–Crippen MR) is 98.9 cm³/mol. The Kier molecular flexibility index (Phi) is 4.21. The van der Waals surface area contributed by atoms with Gasteiger partial charge in [0.15, 0.2) is 0 Å². The minimum atomic E-state index is 0.237. The van der Waals surface area contributed by atoms with Gasteiger partial charge in [-0.3, -0.25) is 0 Å². The summed E-state index contributed by atoms with van der Waals surface area (Å²) < 4.78 is 0. The molecule has 2 N–H and O–H groups in total. The van der Waals surface area contributed by atoms with E-state index in [0.717, 1.165) is 33.4 Å². The zero-order valence-electron chi connectivity index (χ0n) is 13.2. The van der Waals surface area contributed by atoms with Crippen LogP contribution in [0.25, 0.3) is 11.1 Å². The van der Waals surface area contributed by atoms with E-state index in [1.807, 2.05) is 48.5 Å². The third-order valence-corrected chi connectivity index (χ3v) is 3.99. The predicted octanol–water partition coefficient (Wildman–Crippen LogP) is 5.22. The zero-order chi connectivity index (χ0) is 17.1. The van der Waals surface area contributed by atoms with Crippen molar-refractivity contribution in [3.8, 4) is 11.5 Å². The summed E-state index contributed by atoms with van der Waals surface area (Å²) >= 11 is 0. The maximum Gasteiger partial charge on any atom is 0.115 e. The van der Waals surface area contributed by atoms with Crippen molar-refractivity contribution < 1.29 is 10.2 Å². The lowest BCUT2D eigenvalue weighted by Gasteiger charge is -2.11. The molecule has 2 heteroatoms. The van der Waals surface area contributed by atoms with Crippen molar-refractivity contribution in [2.24, 2.45) is 0 Å². The number of phenols is 2. The number of hydrogen-bond acceptors (Lipinski definition) is 2. The molecule has 0 aliphatic carbocycles. The molecule has 0 bridgehead atoms. The molecule has 24 heavy (non-hydrogen) atoms. The van der Waals surface area contributed by atoms with Crippen LogP contribution in [-0.2, 0) is 0 Å². The number of hydrogen-bond donors (Lipinski definition) is 2. The highest BCUT2D eigenvalue weighted by atomic mass is 16.3. The van der Waals surface area contributed by atoms with Crippen molar-refractivity contribution in [1.82, 2.24) is 0 Å². The van der Waals surface area contributed by atoms with Gasteiger partial charge < -0.3 is 10.2 Å². The SMILES string of the molecule is C=C(c1ccc(O)cc1)c1cccc(C(=C)c2ccc(O)cc2)c1. The molecule has 118 valence electrons. The van der Waals surface area contributed by atoms with Crippen LogP contribution in [0.4, 0.5) is 0 Å². The van der Waals surface area contributed by atoms with Crippen molar-refractivity contribution >= 4 is 11.1 Å². The van der Waals surface area contributed by atoms with E-state index in [2.05, 4.69) is 13.2 Å². The Bertz CT molecular complexity index is 815. The van der Waals surface area contributed by atoms with E-state index in [0.29, 0.717) is 0 Å². The Balaban J connectivity index is 1.91. The molecule has 0 amide bonds. The van der Waals surface area contributed by atoms with Gasteiger partial charge in [-0.1, -0.05) is 55.6 Å². The van der Waals surface area contributed by atoms with Crippen molar-refractivity contribution in [2.75, 3.05) is 0 Å². The highest BCUT2D eigenvalue weighted by Gasteiger charge is 2.07. The molecular formula is C22H18O2. The second kappa shape index (κ2) is 6.47. The maximum absolute atomic E-state index is 9.41. The largest absolute Gasteiger partial charge is 0.508 e. The summed E-state index contributed by atoms with van der Waals surface area (Å²) in [7, 11) is 0. The molecule has 0 aromatic heterocycles. The number of phenolic OH excluding ortho intramolecular Hbond substituents is 2. The molecule has 0 saturated heterocycles. The van der Waals surface area contributed by atoms with Gasteiger partial charge in [-0.25, -0.2) is 0 Å². The second-order valence-electron chi connectivity index (χ2n) is 5.63. The Morgan fingerprint density at radius 2 is 0.917 bits per heavy atom. The van der Waals surface area contributed by atoms with Gasteiger partial charge in [0.2, 0.25) is 0 Å². The fourth-order valence-corrected chi connectivity index (χ4v) is 2.55. The van der Waals surface area contributed by atoms with Crippen molar-refractivity contribution in [3.05, 3.63) is 108 Å². The van der Waals surface area contributed by atoms with Crippen LogP contribution in [0.1, 0.15) is 22.3 Å². The highest BCUT2D eigenvalue weighted by molar-refractivity contribution is 5.83. The lowest BCUT2D eigenvalue weighted by molar-refractivity contribution is 0.474. The van der Waals surface area contributed by atoms with Gasteiger partial charge in [-0.15, -0.1) is 0 Å². The van der Waals surface area contributed by atoms with Crippen LogP contribution in [0.3, 0.4) is 0 Å². The van der Waals surface area contributed by atoms with Crippen LogP contribution in [0.2, 0.25) is 0 Å². The molecule has 0 radical (unpaired) electrons. The molecule has 0 aliphatic rings. The van der Waals surface area contributed by atoms with Gasteiger partial charge in [-0.05, 0) is 63.7 Å². The summed E-state index contributed by atoms with van der Waals surface area (Å²) in [4.78, 5) is 0. The first-order valence-corrected chi connectivity index (χ1v) is 7.62. The molecular weight excluding hydrogens is 296 g/mol. The van der Waals surface area contributed by atoms with Gasteiger partial charge in [-0.2, -0.15) is 0 Å². The van der Waals surface area contributed by atoms with Crippen molar-refractivity contribution in [3.63, 3.8) is 0 Å². The van der Waals surface area contributed by atoms with E-state index in [9.17, 15) is 10.2 Å². The number of rotatable bonds is 4. The molecule has 0 atom stereocenters. The maximum atomic E-state index is 9.41. The van der Waals surface area contributed by atoms with Crippen molar-refractivity contribution in [1.29, 1.82) is 0 Å². The molecule has 2 nitrogen and oxygen atoms in total. The van der Waals surface area contributed by atoms with Crippen LogP contribution >= 0.6 is 0 Å². The second-order valence-corrected chi connectivity index (χ2v) is 5.63. The normalized spacial score (nSPS) is 10.3. The summed E-state index contributed by atoms with van der Waals surface area (Å²) in [5, 5.41) is 18.8. The quantitative estimate of drug-likeness (QED) is 0.693. The summed E-state index contributed by atoms with van der Waals surface area (Å²) in [6.07, 6.45) is 0. The molecule has 0 fully saturated rings. The smallest absolute Gasteiger partial charge is 0.115 e. The highest BCUT2D eigenvalue weighted by Crippen LogP contribution is 2.28. The molecule has 0 heterocycles. The van der Waals surface area contributed by atoms with Gasteiger partial charge in [0.25, 0.3) is 0 Å². The molecule has 3 aromatic carbocycles. The molecule has 0 unspecified atom stereocenters. The average molecular weight is 314 g/mol. The Morgan fingerprint density at radius 1 is 0.542 bits per heavy atom. The van der Waals surface area contributed by atoms with Crippen molar-refractivity contribution in [2.45, 2.75) is 0 Å². The van der Waals surface area contributed by atoms with Crippen LogP contribution in [-0.4, -0.2) is 10.2 Å². The first-order chi connectivity index (χ1) is 11.5. The van der Waals surface area contributed by atoms with Crippen LogP contribution in [0, 0.1) is 0 Å². The Morgan fingerprint density at radius 3 is 1.29 bits per heavy atom. The monoisotopic (exact) mass is 314 g/mol. The minimum Gasteiger partial charge on any atom is -0.508 e. The van der Waals surface area contributed by atoms with E-state index < -0.39 is 0 Å². The summed E-state index contributed by atoms with van der Waals surface area (Å²) in [5.74, 6) is 0.474. The molecule has 3 aromatic rings. The first kappa shape index (κ1) is 15.6. The Hall–Kier alpha value is -3.26. The lowest BCUT2D eigenvalue weighted by Crippen LogP contribution is -1.90. The first-order valence-electron chi connectivity index (χ1n) is 7.62. The third-order valence-electron chi connectivity index (χ3n) is 3.99. The lowest BCUT2D eigenvalue weighted by atomic mass is 9.94. The molecule has 0 spiro atoms. The van der Waals surface area contributed by atoms with E-state index in [1.54, 1.807) is 24.3 Å². The van der Waals surface area contributed by atoms with Crippen LogP contribution in [0.15, 0.2) is 86.0 Å². The summed E-state index contributed by atoms with van der Waals surface area (Å²) in [5.41, 5.74) is 5.68. The zero-order valence-corrected chi connectivity index (χ0v) is 13.2. The molecule has 3 rings (SSSR count). The summed E-state index contributed by atoms with van der Waals surface area (Å²) in [6.45, 7) is 8.33. The van der Waals surface area contributed by atoms with E-state index >= 15 is 0 Å². The minimum absolute atomic E-state index is 0.237. The van der Waals surface area contributed by atoms with E-state index in [-0.39, 0.29) is 11.5 Å². The molecule has 0 aliphatic heterocycles. The van der Waals surface area contributed by atoms with E-state index in [1.165, 1.54) is 0 Å².